The molecule has 0 N–H and O–H groups in total. The number of aromatic nitrogens is 3. The van der Waals surface area contributed by atoms with Gasteiger partial charge in [-0.2, -0.15) is 9.97 Å². The molecule has 9 nitrogen and oxygen atoms in total. The largest absolute Gasteiger partial charge is 0.462 e. The van der Waals surface area contributed by atoms with Gasteiger partial charge >= 0.3 is 6.01 Å². The van der Waals surface area contributed by atoms with Gasteiger partial charge in [-0.05, 0) is 62.7 Å². The Morgan fingerprint density at radius 3 is 2.86 bits per heavy atom. The number of hydrogen-bond donors (Lipinski definition) is 0. The lowest BCUT2D eigenvalue weighted by atomic mass is 9.99. The minimum atomic E-state index is -1.03. The van der Waals surface area contributed by atoms with Crippen molar-refractivity contribution in [1.82, 2.24) is 24.8 Å². The SMILES string of the molecule is [C-]#[N+]C[C@H]1CN(c2nc(OC[C@@H]3CCCN3C)nc3nc(-c4cccc5c4CCCS5)c(Cl)cc23)CCN1C(=O)C(=C)F. The van der Waals surface area contributed by atoms with Gasteiger partial charge < -0.3 is 24.3 Å². The fourth-order valence-corrected chi connectivity index (χ4v) is 7.52. The lowest BCUT2D eigenvalue weighted by Crippen LogP contribution is -2.56. The first kappa shape index (κ1) is 29.6. The van der Waals surface area contributed by atoms with Gasteiger partial charge in [-0.25, -0.2) is 15.9 Å². The van der Waals surface area contributed by atoms with E-state index in [4.69, 9.17) is 37.9 Å². The molecule has 0 unspecified atom stereocenters. The molecule has 43 heavy (non-hydrogen) atoms. The Balaban J connectivity index is 1.41. The van der Waals surface area contributed by atoms with Crippen LogP contribution < -0.4 is 9.64 Å². The Kier molecular flexibility index (Phi) is 8.71. The first-order chi connectivity index (χ1) is 20.8. The molecular formula is C31H33ClFN7O2S. The van der Waals surface area contributed by atoms with Gasteiger partial charge in [0.1, 0.15) is 18.5 Å². The lowest BCUT2D eigenvalue weighted by Gasteiger charge is -2.39. The minimum Gasteiger partial charge on any atom is -0.462 e. The fourth-order valence-electron chi connectivity index (χ4n) is 6.19. The average Bonchev–Trinajstić information content (AvgIpc) is 3.43. The average molecular weight is 622 g/mol. The highest BCUT2D eigenvalue weighted by Gasteiger charge is 2.35. The minimum absolute atomic E-state index is 0.0240. The summed E-state index contributed by atoms with van der Waals surface area (Å²) in [4.78, 5) is 37.5. The van der Waals surface area contributed by atoms with Crippen LogP contribution in [0.4, 0.5) is 10.2 Å². The second-order valence-corrected chi connectivity index (χ2v) is 12.7. The van der Waals surface area contributed by atoms with Crippen LogP contribution in [0.3, 0.4) is 0 Å². The van der Waals surface area contributed by atoms with Gasteiger partial charge in [0, 0.05) is 36.1 Å². The van der Waals surface area contributed by atoms with E-state index >= 15 is 0 Å². The molecule has 5 heterocycles. The number of hydrogen-bond acceptors (Lipinski definition) is 8. The number of ether oxygens (including phenoxy) is 1. The maximum atomic E-state index is 13.8. The van der Waals surface area contributed by atoms with Crippen LogP contribution in [0.1, 0.15) is 24.8 Å². The number of fused-ring (bicyclic) bond motifs is 2. The molecule has 2 aromatic heterocycles. The summed E-state index contributed by atoms with van der Waals surface area (Å²) in [6.45, 7) is 13.0. The standard InChI is InChI=1S/C31H33ClFN7O2S/c1-19(33)30(41)40-13-12-39(17-21(40)16-34-2)29-24-15-25(32)27(23-8-4-10-26-22(23)9-6-14-43-26)35-28(24)36-31(37-29)42-18-20-7-5-11-38(20)3/h4,8,10,15,20-21H,1,5-7,9,11-14,16-18H2,3H3/t20-,21-/m0/s1. The van der Waals surface area contributed by atoms with Gasteiger partial charge in [-0.3, -0.25) is 4.79 Å². The van der Waals surface area contributed by atoms with Crippen molar-refractivity contribution in [3.63, 3.8) is 0 Å². The molecule has 1 amide bonds. The molecule has 0 aliphatic carbocycles. The van der Waals surface area contributed by atoms with Crippen LogP contribution in [-0.2, 0) is 11.2 Å². The van der Waals surface area contributed by atoms with Crippen LogP contribution >= 0.6 is 23.4 Å². The zero-order valence-corrected chi connectivity index (χ0v) is 25.6. The summed E-state index contributed by atoms with van der Waals surface area (Å²) in [5, 5.41) is 1.14. The summed E-state index contributed by atoms with van der Waals surface area (Å²) < 4.78 is 20.0. The van der Waals surface area contributed by atoms with E-state index in [0.717, 1.165) is 43.5 Å². The molecule has 1 aromatic carbocycles. The summed E-state index contributed by atoms with van der Waals surface area (Å²) in [6, 6.07) is 8.04. The second kappa shape index (κ2) is 12.6. The van der Waals surface area contributed by atoms with Crippen molar-refractivity contribution in [2.45, 2.75) is 42.7 Å². The first-order valence-electron chi connectivity index (χ1n) is 14.5. The highest BCUT2D eigenvalue weighted by molar-refractivity contribution is 7.99. The zero-order valence-electron chi connectivity index (χ0n) is 24.1. The number of likely N-dealkylation sites (tertiary alicyclic amines) is 1. The van der Waals surface area contributed by atoms with E-state index < -0.39 is 17.8 Å². The molecule has 0 bridgehead atoms. The van der Waals surface area contributed by atoms with Gasteiger partial charge in [-0.1, -0.05) is 30.3 Å². The Bertz CT molecular complexity index is 1620. The van der Waals surface area contributed by atoms with Crippen molar-refractivity contribution in [2.24, 2.45) is 0 Å². The highest BCUT2D eigenvalue weighted by atomic mass is 35.5. The molecule has 2 atom stereocenters. The summed E-state index contributed by atoms with van der Waals surface area (Å²) in [7, 11) is 2.09. The quantitative estimate of drug-likeness (QED) is 0.261. The van der Waals surface area contributed by atoms with Gasteiger partial charge in [-0.15, -0.1) is 11.8 Å². The van der Waals surface area contributed by atoms with Crippen LogP contribution in [0.25, 0.3) is 27.1 Å². The molecule has 3 aliphatic rings. The smallest absolute Gasteiger partial charge is 0.320 e. The number of halogens is 2. The molecule has 12 heteroatoms. The Labute approximate surface area is 259 Å². The predicted octanol–water partition coefficient (Wildman–Crippen LogP) is 5.28. The number of carbonyl (C=O) groups is 1. The van der Waals surface area contributed by atoms with E-state index in [-0.39, 0.29) is 31.7 Å². The van der Waals surface area contributed by atoms with Crippen LogP contribution in [0.15, 0.2) is 41.6 Å². The van der Waals surface area contributed by atoms with Crippen LogP contribution in [0, 0.1) is 6.57 Å². The summed E-state index contributed by atoms with van der Waals surface area (Å²) in [6.07, 6.45) is 4.22. The molecule has 0 radical (unpaired) electrons. The third-order valence-corrected chi connectivity index (χ3v) is 9.94. The third kappa shape index (κ3) is 6.01. The summed E-state index contributed by atoms with van der Waals surface area (Å²) in [5.74, 6) is -0.166. The van der Waals surface area contributed by atoms with Crippen molar-refractivity contribution < 1.29 is 13.9 Å². The third-order valence-electron chi connectivity index (χ3n) is 8.47. The molecule has 3 aliphatic heterocycles. The number of carbonyl (C=O) groups excluding carboxylic acids is 1. The van der Waals surface area contributed by atoms with Gasteiger partial charge in [0.25, 0.3) is 5.91 Å². The first-order valence-corrected chi connectivity index (χ1v) is 15.9. The molecule has 2 fully saturated rings. The number of benzene rings is 1. The van der Waals surface area contributed by atoms with E-state index in [1.165, 1.54) is 15.4 Å². The lowest BCUT2D eigenvalue weighted by molar-refractivity contribution is -0.131. The molecule has 2 saturated heterocycles. The van der Waals surface area contributed by atoms with E-state index in [2.05, 4.69) is 35.5 Å². The number of thioether (sulfide) groups is 1. The fraction of sp³-hybridized carbons (Fsp3) is 0.452. The highest BCUT2D eigenvalue weighted by Crippen LogP contribution is 2.40. The van der Waals surface area contributed by atoms with Gasteiger partial charge in [0.15, 0.2) is 11.5 Å². The Hall–Kier alpha value is -3.46. The summed E-state index contributed by atoms with van der Waals surface area (Å²) in [5.41, 5.74) is 3.38. The monoisotopic (exact) mass is 621 g/mol. The van der Waals surface area contributed by atoms with Gasteiger partial charge in [0.05, 0.1) is 16.1 Å². The molecule has 6 rings (SSSR count). The number of nitrogens with zero attached hydrogens (tertiary/aromatic N) is 7. The number of anilines is 1. The van der Waals surface area contributed by atoms with E-state index in [9.17, 15) is 9.18 Å². The zero-order chi connectivity index (χ0) is 30.1. The van der Waals surface area contributed by atoms with Crippen molar-refractivity contribution in [3.8, 4) is 17.3 Å². The van der Waals surface area contributed by atoms with Gasteiger partial charge in [0.2, 0.25) is 6.54 Å². The van der Waals surface area contributed by atoms with Crippen molar-refractivity contribution in [1.29, 1.82) is 0 Å². The molecule has 0 spiro atoms. The van der Waals surface area contributed by atoms with E-state index in [1.807, 2.05) is 28.8 Å². The van der Waals surface area contributed by atoms with Crippen molar-refractivity contribution in [3.05, 3.63) is 58.7 Å². The summed E-state index contributed by atoms with van der Waals surface area (Å²) >= 11 is 8.80. The number of rotatable bonds is 7. The molecule has 0 saturated carbocycles. The van der Waals surface area contributed by atoms with E-state index in [0.29, 0.717) is 40.7 Å². The molecular weight excluding hydrogens is 589 g/mol. The number of pyridine rings is 1. The van der Waals surface area contributed by atoms with Crippen LogP contribution in [-0.4, -0.2) is 94.9 Å². The predicted molar refractivity (Wildman–Crippen MR) is 167 cm³/mol. The topological polar surface area (TPSA) is 79.1 Å². The van der Waals surface area contributed by atoms with Crippen LogP contribution in [0.5, 0.6) is 6.01 Å². The molecule has 224 valence electrons. The van der Waals surface area contributed by atoms with Crippen LogP contribution in [0.2, 0.25) is 5.02 Å². The number of piperazine rings is 1. The Morgan fingerprint density at radius 1 is 1.23 bits per heavy atom. The number of likely N-dealkylation sites (N-methyl/N-ethyl adjacent to an activating group) is 1. The number of amides is 1. The Morgan fingerprint density at radius 2 is 2.09 bits per heavy atom. The maximum absolute atomic E-state index is 13.8. The van der Waals surface area contributed by atoms with E-state index in [1.54, 1.807) is 0 Å². The second-order valence-electron chi connectivity index (χ2n) is 11.2. The molecule has 3 aromatic rings. The normalized spacial score (nSPS) is 20.6. The van der Waals surface area contributed by atoms with Crippen molar-refractivity contribution >= 4 is 46.1 Å². The van der Waals surface area contributed by atoms with Crippen molar-refractivity contribution in [2.75, 3.05) is 57.0 Å². The maximum Gasteiger partial charge on any atom is 0.320 e.